The Morgan fingerprint density at radius 3 is 2.00 bits per heavy atom. The summed E-state index contributed by atoms with van der Waals surface area (Å²) in [5, 5.41) is 5.47. The zero-order chi connectivity index (χ0) is 18.4. The number of hydrogen-bond acceptors (Lipinski definition) is 1. The summed E-state index contributed by atoms with van der Waals surface area (Å²) >= 11 is 0. The van der Waals surface area contributed by atoms with Crippen molar-refractivity contribution in [1.82, 2.24) is 10.6 Å². The van der Waals surface area contributed by atoms with Gasteiger partial charge in [-0.25, -0.2) is 13.6 Å². The second-order valence-corrected chi connectivity index (χ2v) is 5.82. The van der Waals surface area contributed by atoms with Crippen LogP contribution in [0.5, 0.6) is 0 Å². The summed E-state index contributed by atoms with van der Waals surface area (Å²) in [7, 11) is 0. The third-order valence-electron chi connectivity index (χ3n) is 3.99. The van der Waals surface area contributed by atoms with E-state index in [1.165, 1.54) is 0 Å². The summed E-state index contributed by atoms with van der Waals surface area (Å²) in [5.74, 6) is -1.11. The van der Waals surface area contributed by atoms with Crippen LogP contribution in [-0.2, 0) is 6.54 Å². The highest BCUT2D eigenvalue weighted by molar-refractivity contribution is 5.75. The van der Waals surface area contributed by atoms with Crippen molar-refractivity contribution in [1.29, 1.82) is 0 Å². The summed E-state index contributed by atoms with van der Waals surface area (Å²) in [6.45, 7) is -0.105. The molecule has 0 aliphatic rings. The molecule has 0 aromatic heterocycles. The van der Waals surface area contributed by atoms with E-state index in [-0.39, 0.29) is 18.2 Å². The molecule has 0 aliphatic carbocycles. The van der Waals surface area contributed by atoms with Gasteiger partial charge in [-0.05, 0) is 29.3 Å². The molecule has 0 spiro atoms. The quantitative estimate of drug-likeness (QED) is 0.695. The van der Waals surface area contributed by atoms with Crippen LogP contribution in [0.3, 0.4) is 0 Å². The molecule has 26 heavy (non-hydrogen) atoms. The molecular weight excluding hydrogens is 334 g/mol. The van der Waals surface area contributed by atoms with E-state index in [0.717, 1.165) is 29.3 Å². The maximum absolute atomic E-state index is 13.7. The average Bonchev–Trinajstić information content (AvgIpc) is 2.68. The van der Waals surface area contributed by atoms with Gasteiger partial charge in [0.15, 0.2) is 0 Å². The van der Waals surface area contributed by atoms with Gasteiger partial charge in [0, 0.05) is 12.1 Å². The summed E-state index contributed by atoms with van der Waals surface area (Å²) in [6, 6.07) is 21.4. The molecule has 0 saturated carbocycles. The van der Waals surface area contributed by atoms with Crippen LogP contribution in [0.4, 0.5) is 13.6 Å². The Morgan fingerprint density at radius 1 is 0.846 bits per heavy atom. The Labute approximate surface area is 150 Å². The van der Waals surface area contributed by atoms with Gasteiger partial charge in [0.25, 0.3) is 0 Å². The van der Waals surface area contributed by atoms with E-state index in [2.05, 4.69) is 10.6 Å². The van der Waals surface area contributed by atoms with Crippen LogP contribution in [0, 0.1) is 11.6 Å². The second-order valence-electron chi connectivity index (χ2n) is 5.82. The molecule has 0 bridgehead atoms. The fourth-order valence-electron chi connectivity index (χ4n) is 2.69. The molecule has 2 N–H and O–H groups in total. The van der Waals surface area contributed by atoms with Crippen LogP contribution in [0.25, 0.3) is 0 Å². The largest absolute Gasteiger partial charge is 0.334 e. The second kappa shape index (κ2) is 8.25. The fourth-order valence-corrected chi connectivity index (χ4v) is 2.69. The van der Waals surface area contributed by atoms with E-state index in [4.69, 9.17) is 0 Å². The van der Waals surface area contributed by atoms with Crippen molar-refractivity contribution in [3.63, 3.8) is 0 Å². The first kappa shape index (κ1) is 17.6. The summed E-state index contributed by atoms with van der Waals surface area (Å²) in [5.41, 5.74) is 1.94. The van der Waals surface area contributed by atoms with E-state index < -0.39 is 17.7 Å². The van der Waals surface area contributed by atoms with Gasteiger partial charge in [0.1, 0.15) is 11.6 Å². The lowest BCUT2D eigenvalue weighted by Gasteiger charge is -2.20. The predicted molar refractivity (Wildman–Crippen MR) is 96.5 cm³/mol. The maximum atomic E-state index is 13.7. The number of urea groups is 1. The van der Waals surface area contributed by atoms with Gasteiger partial charge in [-0.3, -0.25) is 0 Å². The number of carbonyl (C=O) groups excluding carboxylic acids is 1. The first-order chi connectivity index (χ1) is 12.6. The number of benzene rings is 3. The third kappa shape index (κ3) is 4.45. The zero-order valence-corrected chi connectivity index (χ0v) is 14.0. The van der Waals surface area contributed by atoms with Gasteiger partial charge in [-0.1, -0.05) is 60.7 Å². The molecule has 3 aromatic carbocycles. The summed E-state index contributed by atoms with van der Waals surface area (Å²) in [4.78, 5) is 12.3. The molecule has 0 heterocycles. The molecule has 0 radical (unpaired) electrons. The Balaban J connectivity index is 1.72. The van der Waals surface area contributed by atoms with Crippen molar-refractivity contribution in [3.8, 4) is 0 Å². The molecule has 2 amide bonds. The SMILES string of the molecule is O=C(NCc1cc(F)ccc1F)NC(c1ccccc1)c1ccccc1. The molecule has 5 heteroatoms. The molecule has 3 nitrogen and oxygen atoms in total. The lowest BCUT2D eigenvalue weighted by Crippen LogP contribution is -2.38. The molecule has 132 valence electrons. The van der Waals surface area contributed by atoms with Gasteiger partial charge in [0.05, 0.1) is 6.04 Å². The standard InChI is InChI=1S/C21H18F2N2O/c22-18-11-12-19(23)17(13-18)14-24-21(26)25-20(15-7-3-1-4-8-15)16-9-5-2-6-10-16/h1-13,20H,14H2,(H2,24,25,26). The lowest BCUT2D eigenvalue weighted by atomic mass is 9.99. The van der Waals surface area contributed by atoms with Crippen molar-refractivity contribution < 1.29 is 13.6 Å². The smallest absolute Gasteiger partial charge is 0.315 e. The Bertz CT molecular complexity index is 830. The van der Waals surface area contributed by atoms with Gasteiger partial charge in [-0.15, -0.1) is 0 Å². The number of amides is 2. The minimum absolute atomic E-state index is 0.0936. The van der Waals surface area contributed by atoms with Gasteiger partial charge in [-0.2, -0.15) is 0 Å². The average molecular weight is 352 g/mol. The van der Waals surface area contributed by atoms with Crippen LogP contribution < -0.4 is 10.6 Å². The van der Waals surface area contributed by atoms with Gasteiger partial charge >= 0.3 is 6.03 Å². The summed E-state index contributed by atoms with van der Waals surface area (Å²) in [6.07, 6.45) is 0. The summed E-state index contributed by atoms with van der Waals surface area (Å²) < 4.78 is 26.9. The molecule has 0 aliphatic heterocycles. The Kier molecular flexibility index (Phi) is 5.59. The molecule has 0 fully saturated rings. The maximum Gasteiger partial charge on any atom is 0.315 e. The first-order valence-electron chi connectivity index (χ1n) is 8.21. The van der Waals surface area contributed by atoms with Crippen molar-refractivity contribution in [3.05, 3.63) is 107 Å². The first-order valence-corrected chi connectivity index (χ1v) is 8.21. The molecule has 3 aromatic rings. The van der Waals surface area contributed by atoms with Crippen LogP contribution in [0.15, 0.2) is 78.9 Å². The van der Waals surface area contributed by atoms with Crippen molar-refractivity contribution in [2.45, 2.75) is 12.6 Å². The number of hydrogen-bond donors (Lipinski definition) is 2. The Morgan fingerprint density at radius 2 is 1.42 bits per heavy atom. The molecular formula is C21H18F2N2O. The zero-order valence-electron chi connectivity index (χ0n) is 14.0. The highest BCUT2D eigenvalue weighted by Crippen LogP contribution is 2.21. The van der Waals surface area contributed by atoms with Crippen molar-refractivity contribution in [2.75, 3.05) is 0 Å². The van der Waals surface area contributed by atoms with E-state index >= 15 is 0 Å². The van der Waals surface area contributed by atoms with E-state index in [1.54, 1.807) is 0 Å². The monoisotopic (exact) mass is 352 g/mol. The topological polar surface area (TPSA) is 41.1 Å². The van der Waals surface area contributed by atoms with Crippen LogP contribution in [0.1, 0.15) is 22.7 Å². The molecule has 0 atom stereocenters. The minimum Gasteiger partial charge on any atom is -0.334 e. The van der Waals surface area contributed by atoms with Crippen LogP contribution in [-0.4, -0.2) is 6.03 Å². The predicted octanol–water partition coefficient (Wildman–Crippen LogP) is 4.55. The fraction of sp³-hybridized carbons (Fsp3) is 0.0952. The lowest BCUT2D eigenvalue weighted by molar-refractivity contribution is 0.238. The number of rotatable bonds is 5. The van der Waals surface area contributed by atoms with Crippen molar-refractivity contribution >= 4 is 6.03 Å². The van der Waals surface area contributed by atoms with Gasteiger partial charge < -0.3 is 10.6 Å². The Hall–Kier alpha value is -3.21. The third-order valence-corrected chi connectivity index (χ3v) is 3.99. The highest BCUT2D eigenvalue weighted by atomic mass is 19.1. The molecule has 3 rings (SSSR count). The van der Waals surface area contributed by atoms with Gasteiger partial charge in [0.2, 0.25) is 0 Å². The van der Waals surface area contributed by atoms with Crippen LogP contribution in [0.2, 0.25) is 0 Å². The molecule has 0 saturated heterocycles. The van der Waals surface area contributed by atoms with E-state index in [0.29, 0.717) is 0 Å². The van der Waals surface area contributed by atoms with Crippen LogP contribution >= 0.6 is 0 Å². The number of halogens is 2. The minimum atomic E-state index is -0.561. The van der Waals surface area contributed by atoms with E-state index in [1.807, 2.05) is 60.7 Å². The number of nitrogens with one attached hydrogen (secondary N) is 2. The highest BCUT2D eigenvalue weighted by Gasteiger charge is 2.16. The number of carbonyl (C=O) groups is 1. The van der Waals surface area contributed by atoms with Crippen molar-refractivity contribution in [2.24, 2.45) is 0 Å². The normalized spacial score (nSPS) is 10.6. The van der Waals surface area contributed by atoms with E-state index in [9.17, 15) is 13.6 Å². The molecule has 0 unspecified atom stereocenters.